The van der Waals surface area contributed by atoms with Crippen molar-refractivity contribution >= 4 is 6.03 Å². The number of benzene rings is 1. The Morgan fingerprint density at radius 2 is 1.96 bits per heavy atom. The Morgan fingerprint density at radius 1 is 1.11 bits per heavy atom. The van der Waals surface area contributed by atoms with Gasteiger partial charge in [0.1, 0.15) is 0 Å². The Bertz CT molecular complexity index is 841. The summed E-state index contributed by atoms with van der Waals surface area (Å²) in [7, 11) is 0. The van der Waals surface area contributed by atoms with Crippen LogP contribution in [0.15, 0.2) is 48.7 Å². The van der Waals surface area contributed by atoms with Gasteiger partial charge < -0.3 is 10.2 Å². The van der Waals surface area contributed by atoms with Crippen LogP contribution in [0.3, 0.4) is 0 Å². The normalized spacial score (nSPS) is 32.1. The van der Waals surface area contributed by atoms with Gasteiger partial charge in [0.2, 0.25) is 0 Å². The van der Waals surface area contributed by atoms with Crippen molar-refractivity contribution in [2.75, 3.05) is 0 Å². The molecule has 5 rings (SSSR count). The quantitative estimate of drug-likeness (QED) is 0.783. The first-order chi connectivity index (χ1) is 13.2. The van der Waals surface area contributed by atoms with E-state index in [1.165, 1.54) is 11.1 Å². The SMILES string of the molecule is Cc1cc(C2NNC3CC4NC(=O)N(Cc5ccccc5)C4CC32)ccn1. The van der Waals surface area contributed by atoms with Crippen LogP contribution >= 0.6 is 0 Å². The van der Waals surface area contributed by atoms with Gasteiger partial charge >= 0.3 is 6.03 Å². The maximum atomic E-state index is 12.6. The van der Waals surface area contributed by atoms with E-state index >= 15 is 0 Å². The van der Waals surface area contributed by atoms with E-state index in [0.29, 0.717) is 18.5 Å². The van der Waals surface area contributed by atoms with Gasteiger partial charge in [-0.15, -0.1) is 0 Å². The molecule has 3 N–H and O–H groups in total. The highest BCUT2D eigenvalue weighted by Crippen LogP contribution is 2.41. The number of fused-ring (bicyclic) bond motifs is 2. The maximum absolute atomic E-state index is 12.6. The molecule has 2 aromatic rings. The molecule has 3 fully saturated rings. The van der Waals surface area contributed by atoms with E-state index in [1.807, 2.05) is 36.2 Å². The van der Waals surface area contributed by atoms with Crippen molar-refractivity contribution in [1.29, 1.82) is 0 Å². The zero-order valence-electron chi connectivity index (χ0n) is 15.4. The van der Waals surface area contributed by atoms with E-state index in [9.17, 15) is 4.79 Å². The number of amides is 2. The molecule has 27 heavy (non-hydrogen) atoms. The van der Waals surface area contributed by atoms with Gasteiger partial charge in [-0.3, -0.25) is 10.4 Å². The predicted octanol–water partition coefficient (Wildman–Crippen LogP) is 2.28. The molecule has 3 aliphatic rings. The summed E-state index contributed by atoms with van der Waals surface area (Å²) in [6.45, 7) is 2.70. The molecule has 2 saturated heterocycles. The summed E-state index contributed by atoms with van der Waals surface area (Å²) < 4.78 is 0. The number of urea groups is 1. The molecule has 2 aliphatic heterocycles. The van der Waals surface area contributed by atoms with Crippen LogP contribution in [0.2, 0.25) is 0 Å². The first kappa shape index (κ1) is 16.7. The van der Waals surface area contributed by atoms with Gasteiger partial charge in [-0.25, -0.2) is 10.2 Å². The summed E-state index contributed by atoms with van der Waals surface area (Å²) in [5.41, 5.74) is 10.5. The fourth-order valence-corrected chi connectivity index (χ4v) is 5.00. The van der Waals surface area contributed by atoms with E-state index in [4.69, 9.17) is 0 Å². The summed E-state index contributed by atoms with van der Waals surface area (Å²) in [4.78, 5) is 19.0. The smallest absolute Gasteiger partial charge is 0.318 e. The molecule has 1 aromatic heterocycles. The van der Waals surface area contributed by atoms with E-state index in [2.05, 4.69) is 45.4 Å². The first-order valence-corrected chi connectivity index (χ1v) is 9.74. The van der Waals surface area contributed by atoms with E-state index in [1.54, 1.807) is 0 Å². The molecule has 140 valence electrons. The monoisotopic (exact) mass is 363 g/mol. The molecule has 1 saturated carbocycles. The minimum absolute atomic E-state index is 0.0677. The Morgan fingerprint density at radius 3 is 2.78 bits per heavy atom. The lowest BCUT2D eigenvalue weighted by molar-refractivity contribution is 0.155. The van der Waals surface area contributed by atoms with Gasteiger partial charge in [0, 0.05) is 24.5 Å². The van der Waals surface area contributed by atoms with Crippen molar-refractivity contribution in [3.05, 3.63) is 65.5 Å². The van der Waals surface area contributed by atoms with Crippen molar-refractivity contribution in [2.45, 2.75) is 50.5 Å². The van der Waals surface area contributed by atoms with Crippen molar-refractivity contribution in [3.63, 3.8) is 0 Å². The number of rotatable bonds is 3. The van der Waals surface area contributed by atoms with Crippen LogP contribution in [0.25, 0.3) is 0 Å². The molecular formula is C21H25N5O. The highest BCUT2D eigenvalue weighted by molar-refractivity contribution is 5.77. The Hall–Kier alpha value is -2.44. The molecule has 6 heteroatoms. The number of nitrogens with zero attached hydrogens (tertiary/aromatic N) is 2. The molecule has 2 amide bonds. The van der Waals surface area contributed by atoms with Crippen molar-refractivity contribution < 1.29 is 4.79 Å². The molecule has 5 atom stereocenters. The van der Waals surface area contributed by atoms with E-state index in [0.717, 1.165) is 18.5 Å². The highest BCUT2D eigenvalue weighted by Gasteiger charge is 2.50. The fourth-order valence-electron chi connectivity index (χ4n) is 5.00. The molecule has 1 aliphatic carbocycles. The van der Waals surface area contributed by atoms with Gasteiger partial charge in [0.25, 0.3) is 0 Å². The molecule has 0 spiro atoms. The minimum atomic E-state index is 0.0677. The largest absolute Gasteiger partial charge is 0.333 e. The van der Waals surface area contributed by atoms with E-state index in [-0.39, 0.29) is 24.2 Å². The average Bonchev–Trinajstić information content (AvgIpc) is 3.21. The molecule has 6 nitrogen and oxygen atoms in total. The van der Waals surface area contributed by atoms with Crippen LogP contribution in [0.4, 0.5) is 4.79 Å². The number of hydrogen-bond acceptors (Lipinski definition) is 4. The van der Waals surface area contributed by atoms with Crippen molar-refractivity contribution in [3.8, 4) is 0 Å². The van der Waals surface area contributed by atoms with Crippen LogP contribution in [0.5, 0.6) is 0 Å². The maximum Gasteiger partial charge on any atom is 0.318 e. The number of aryl methyl sites for hydroxylation is 1. The number of carbonyl (C=O) groups excluding carboxylic acids is 1. The Labute approximate surface area is 159 Å². The number of aromatic nitrogens is 1. The zero-order chi connectivity index (χ0) is 18.4. The molecule has 0 bridgehead atoms. The topological polar surface area (TPSA) is 69.3 Å². The number of carbonyl (C=O) groups is 1. The second kappa shape index (κ2) is 6.62. The molecular weight excluding hydrogens is 338 g/mol. The third kappa shape index (κ3) is 2.99. The third-order valence-electron chi connectivity index (χ3n) is 6.30. The summed E-state index contributed by atoms with van der Waals surface area (Å²) in [6, 6.07) is 15.7. The van der Waals surface area contributed by atoms with Gasteiger partial charge in [-0.2, -0.15) is 0 Å². The summed E-state index contributed by atoms with van der Waals surface area (Å²) >= 11 is 0. The Balaban J connectivity index is 1.38. The van der Waals surface area contributed by atoms with Crippen LogP contribution in [-0.4, -0.2) is 34.0 Å². The fraction of sp³-hybridized carbons (Fsp3) is 0.429. The number of hydrogen-bond donors (Lipinski definition) is 3. The van der Waals surface area contributed by atoms with Gasteiger partial charge in [-0.1, -0.05) is 30.3 Å². The lowest BCUT2D eigenvalue weighted by Gasteiger charge is -2.38. The van der Waals surface area contributed by atoms with Crippen LogP contribution in [0, 0.1) is 12.8 Å². The lowest BCUT2D eigenvalue weighted by Crippen LogP contribution is -2.49. The Kier molecular flexibility index (Phi) is 4.10. The second-order valence-corrected chi connectivity index (χ2v) is 7.98. The molecule has 0 radical (unpaired) electrons. The van der Waals surface area contributed by atoms with Crippen molar-refractivity contribution in [1.82, 2.24) is 26.1 Å². The van der Waals surface area contributed by atoms with Crippen LogP contribution in [0.1, 0.15) is 35.7 Å². The zero-order valence-corrected chi connectivity index (χ0v) is 15.4. The first-order valence-electron chi connectivity index (χ1n) is 9.74. The van der Waals surface area contributed by atoms with Gasteiger partial charge in [-0.05, 0) is 48.9 Å². The summed E-state index contributed by atoms with van der Waals surface area (Å²) in [5.74, 6) is 0.457. The van der Waals surface area contributed by atoms with Crippen LogP contribution in [-0.2, 0) is 6.54 Å². The summed E-state index contributed by atoms with van der Waals surface area (Å²) in [5, 5.41) is 3.21. The summed E-state index contributed by atoms with van der Waals surface area (Å²) in [6.07, 6.45) is 3.83. The van der Waals surface area contributed by atoms with E-state index < -0.39 is 0 Å². The minimum Gasteiger partial charge on any atom is -0.333 e. The lowest BCUT2D eigenvalue weighted by atomic mass is 9.75. The van der Waals surface area contributed by atoms with Crippen molar-refractivity contribution in [2.24, 2.45) is 5.92 Å². The van der Waals surface area contributed by atoms with Gasteiger partial charge in [0.15, 0.2) is 0 Å². The van der Waals surface area contributed by atoms with Crippen LogP contribution < -0.4 is 16.2 Å². The third-order valence-corrected chi connectivity index (χ3v) is 6.30. The molecule has 1 aromatic carbocycles. The highest BCUT2D eigenvalue weighted by atomic mass is 16.2. The van der Waals surface area contributed by atoms with Gasteiger partial charge in [0.05, 0.1) is 18.1 Å². The second-order valence-electron chi connectivity index (χ2n) is 7.98. The number of nitrogens with one attached hydrogen (secondary N) is 3. The predicted molar refractivity (Wildman–Crippen MR) is 103 cm³/mol. The average molecular weight is 363 g/mol. The number of pyridine rings is 1. The molecule has 5 unspecified atom stereocenters. The number of hydrazine groups is 1. The molecule has 3 heterocycles. The standard InChI is InChI=1S/C21H25N5O/c1-13-9-15(7-8-22-13)20-16-10-19-18(11-17(16)24-25-20)23-21(27)26(19)12-14-5-3-2-4-6-14/h2-9,16-20,24-25H,10-12H2,1H3,(H,23,27).